The standard InChI is InChI=1S/C10H20OTe/c1-2-3-8-12-10-7-5-4-6-9(10)11/h9-11H,2-8H2,1H3. The molecule has 2 heteroatoms. The molecule has 2 atom stereocenters. The molecule has 1 fully saturated rings. The van der Waals surface area contributed by atoms with E-state index in [1.807, 2.05) is 0 Å². The molecule has 0 aliphatic heterocycles. The van der Waals surface area contributed by atoms with Gasteiger partial charge < -0.3 is 0 Å². The van der Waals surface area contributed by atoms with Gasteiger partial charge in [-0.2, -0.15) is 0 Å². The fraction of sp³-hybridized carbons (Fsp3) is 1.00. The number of aliphatic hydroxyl groups excluding tert-OH is 1. The third-order valence-electron chi connectivity index (χ3n) is 2.50. The average Bonchev–Trinajstić information content (AvgIpc) is 2.09. The van der Waals surface area contributed by atoms with Crippen molar-refractivity contribution in [3.05, 3.63) is 0 Å². The summed E-state index contributed by atoms with van der Waals surface area (Å²) in [6.07, 6.45) is 7.85. The fourth-order valence-corrected chi connectivity index (χ4v) is 5.79. The van der Waals surface area contributed by atoms with Gasteiger partial charge >= 0.3 is 86.0 Å². The Morgan fingerprint density at radius 2 is 2.08 bits per heavy atom. The van der Waals surface area contributed by atoms with E-state index in [1.165, 1.54) is 36.6 Å². The van der Waals surface area contributed by atoms with Crippen molar-refractivity contribution < 1.29 is 5.11 Å². The van der Waals surface area contributed by atoms with Crippen molar-refractivity contribution in [3.8, 4) is 0 Å². The predicted molar refractivity (Wildman–Crippen MR) is 53.7 cm³/mol. The molecule has 1 saturated carbocycles. The Morgan fingerprint density at radius 1 is 1.33 bits per heavy atom. The Morgan fingerprint density at radius 3 is 2.75 bits per heavy atom. The van der Waals surface area contributed by atoms with Gasteiger partial charge in [-0.1, -0.05) is 0 Å². The van der Waals surface area contributed by atoms with E-state index in [4.69, 9.17) is 0 Å². The van der Waals surface area contributed by atoms with Crippen LogP contribution >= 0.6 is 0 Å². The van der Waals surface area contributed by atoms with Crippen LogP contribution in [0.2, 0.25) is 8.43 Å². The molecule has 2 unspecified atom stereocenters. The second kappa shape index (κ2) is 6.24. The van der Waals surface area contributed by atoms with Gasteiger partial charge in [0.05, 0.1) is 0 Å². The Labute approximate surface area is 86.0 Å². The quantitative estimate of drug-likeness (QED) is 0.621. The minimum absolute atomic E-state index is 0.0815. The molecule has 1 nitrogen and oxygen atoms in total. The Hall–Kier alpha value is 0.750. The number of hydrogen-bond acceptors (Lipinski definition) is 1. The van der Waals surface area contributed by atoms with E-state index < -0.39 is 0 Å². The van der Waals surface area contributed by atoms with Gasteiger partial charge in [0.15, 0.2) is 0 Å². The molecular formula is C10H20OTe. The first kappa shape index (κ1) is 10.8. The van der Waals surface area contributed by atoms with Crippen LogP contribution in [-0.2, 0) is 0 Å². The van der Waals surface area contributed by atoms with E-state index in [0.29, 0.717) is 0 Å². The summed E-state index contributed by atoms with van der Waals surface area (Å²) in [5, 5.41) is 9.70. The second-order valence-electron chi connectivity index (χ2n) is 3.61. The number of rotatable bonds is 4. The van der Waals surface area contributed by atoms with Crippen LogP contribution in [0.1, 0.15) is 45.4 Å². The van der Waals surface area contributed by atoms with Gasteiger partial charge in [0.1, 0.15) is 0 Å². The SMILES string of the molecule is CCCC[Te]C1CCCCC1O. The molecule has 0 aromatic heterocycles. The van der Waals surface area contributed by atoms with E-state index >= 15 is 0 Å². The molecule has 12 heavy (non-hydrogen) atoms. The van der Waals surface area contributed by atoms with Gasteiger partial charge in [-0.15, -0.1) is 0 Å². The molecule has 1 aliphatic rings. The first-order chi connectivity index (χ1) is 5.84. The van der Waals surface area contributed by atoms with E-state index in [9.17, 15) is 5.11 Å². The monoisotopic (exact) mass is 286 g/mol. The zero-order chi connectivity index (χ0) is 8.81. The molecule has 0 heterocycles. The van der Waals surface area contributed by atoms with E-state index in [1.54, 1.807) is 0 Å². The average molecular weight is 284 g/mol. The van der Waals surface area contributed by atoms with E-state index in [-0.39, 0.29) is 27.0 Å². The molecule has 1 aliphatic carbocycles. The van der Waals surface area contributed by atoms with Crippen molar-refractivity contribution in [2.45, 2.75) is 60.0 Å². The molecule has 72 valence electrons. The number of aliphatic hydroxyl groups is 1. The summed E-state index contributed by atoms with van der Waals surface area (Å²) in [6.45, 7) is 2.25. The summed E-state index contributed by atoms with van der Waals surface area (Å²) >= 11 is 0.134. The summed E-state index contributed by atoms with van der Waals surface area (Å²) in [7, 11) is 0. The van der Waals surface area contributed by atoms with Gasteiger partial charge in [-0.05, 0) is 0 Å². The minimum atomic E-state index is 0.0815. The molecule has 0 aromatic carbocycles. The maximum absolute atomic E-state index is 9.70. The molecule has 0 amide bonds. The zero-order valence-corrected chi connectivity index (χ0v) is 10.3. The fourth-order valence-electron chi connectivity index (χ4n) is 1.65. The molecule has 0 saturated heterocycles. The Kier molecular flexibility index (Phi) is 5.63. The summed E-state index contributed by atoms with van der Waals surface area (Å²) in [5.74, 6) is 0. The van der Waals surface area contributed by atoms with Gasteiger partial charge in [0.25, 0.3) is 0 Å². The predicted octanol–water partition coefficient (Wildman–Crippen LogP) is 2.63. The van der Waals surface area contributed by atoms with Crippen LogP contribution in [0.3, 0.4) is 0 Å². The third-order valence-corrected chi connectivity index (χ3v) is 6.79. The van der Waals surface area contributed by atoms with E-state index in [2.05, 4.69) is 6.92 Å². The summed E-state index contributed by atoms with van der Waals surface area (Å²) in [5.41, 5.74) is 0. The van der Waals surface area contributed by atoms with Crippen LogP contribution in [0.25, 0.3) is 0 Å². The van der Waals surface area contributed by atoms with Crippen molar-refractivity contribution in [1.29, 1.82) is 0 Å². The summed E-state index contributed by atoms with van der Waals surface area (Å²) < 4.78 is 2.21. The van der Waals surface area contributed by atoms with Gasteiger partial charge in [-0.25, -0.2) is 0 Å². The van der Waals surface area contributed by atoms with Gasteiger partial charge in [0, 0.05) is 0 Å². The molecule has 1 N–H and O–H groups in total. The molecule has 0 spiro atoms. The molecule has 0 aromatic rings. The van der Waals surface area contributed by atoms with Crippen molar-refractivity contribution in [3.63, 3.8) is 0 Å². The van der Waals surface area contributed by atoms with Crippen molar-refractivity contribution in [2.24, 2.45) is 0 Å². The molecule has 1 rings (SSSR count). The van der Waals surface area contributed by atoms with Crippen LogP contribution in [0, 0.1) is 0 Å². The Balaban J connectivity index is 2.11. The summed E-state index contributed by atoms with van der Waals surface area (Å²) in [4.78, 5) is 0. The first-order valence-electron chi connectivity index (χ1n) is 5.14. The van der Waals surface area contributed by atoms with Crippen molar-refractivity contribution in [2.75, 3.05) is 0 Å². The molecule has 0 bridgehead atoms. The number of hydrogen-bond donors (Lipinski definition) is 1. The summed E-state index contributed by atoms with van der Waals surface area (Å²) in [6, 6.07) is 0. The Bertz CT molecular complexity index is 116. The van der Waals surface area contributed by atoms with Crippen LogP contribution in [0.5, 0.6) is 0 Å². The zero-order valence-electron chi connectivity index (χ0n) is 7.96. The topological polar surface area (TPSA) is 20.2 Å². The normalized spacial score (nSPS) is 30.5. The van der Waals surface area contributed by atoms with Gasteiger partial charge in [-0.3, -0.25) is 0 Å². The first-order valence-corrected chi connectivity index (χ1v) is 8.13. The number of unbranched alkanes of at least 4 members (excludes halogenated alkanes) is 1. The van der Waals surface area contributed by atoms with Crippen LogP contribution < -0.4 is 0 Å². The van der Waals surface area contributed by atoms with Crippen molar-refractivity contribution in [1.82, 2.24) is 0 Å². The van der Waals surface area contributed by atoms with Crippen LogP contribution in [0.4, 0.5) is 0 Å². The van der Waals surface area contributed by atoms with Crippen LogP contribution in [0.15, 0.2) is 0 Å². The van der Waals surface area contributed by atoms with Gasteiger partial charge in [0.2, 0.25) is 0 Å². The maximum atomic E-state index is 9.70. The van der Waals surface area contributed by atoms with Crippen LogP contribution in [-0.4, -0.2) is 32.1 Å². The third kappa shape index (κ3) is 3.64. The molecular weight excluding hydrogens is 264 g/mol. The van der Waals surface area contributed by atoms with Crippen molar-refractivity contribution >= 4 is 20.9 Å². The second-order valence-corrected chi connectivity index (χ2v) is 7.46. The van der Waals surface area contributed by atoms with E-state index in [0.717, 1.165) is 10.4 Å². The molecule has 0 radical (unpaired) electrons.